The van der Waals surface area contributed by atoms with Crippen LogP contribution in [0, 0.1) is 0 Å². The van der Waals surface area contributed by atoms with Crippen LogP contribution in [0.5, 0.6) is 0 Å². The van der Waals surface area contributed by atoms with E-state index in [4.69, 9.17) is 0 Å². The molecule has 9 heteroatoms. The van der Waals surface area contributed by atoms with Gasteiger partial charge >= 0.3 is 0 Å². The normalized spacial score (nSPS) is 14.3. The Morgan fingerprint density at radius 1 is 0.528 bits per heavy atom. The molecule has 0 aromatic carbocycles. The van der Waals surface area contributed by atoms with Gasteiger partial charge < -0.3 is 0 Å². The Morgan fingerprint density at radius 3 is 1.19 bits per heavy atom. The van der Waals surface area contributed by atoms with E-state index in [0.29, 0.717) is 11.4 Å². The zero-order chi connectivity index (χ0) is 26.2. The molecule has 0 spiro atoms. The zero-order valence-corrected chi connectivity index (χ0v) is 22.1. The summed E-state index contributed by atoms with van der Waals surface area (Å²) in [6.07, 6.45) is 3.11. The number of Topliss-reactive ketones (excluding diaryl/α,β-unsaturated/α-hetero) is 4. The number of aromatic nitrogens is 3. The highest BCUT2D eigenvalue weighted by Gasteiger charge is 2.27. The minimum Gasteiger partial charge on any atom is -0.291 e. The van der Waals surface area contributed by atoms with Crippen LogP contribution in [0.4, 0.5) is 0 Å². The van der Waals surface area contributed by atoms with E-state index in [9.17, 15) is 19.2 Å². The second kappa shape index (κ2) is 12.7. The maximum atomic E-state index is 13.0. The molecular weight excluding hydrogens is 494 g/mol. The molecule has 0 aliphatic rings. The van der Waals surface area contributed by atoms with Crippen LogP contribution in [0.15, 0.2) is 67.0 Å². The van der Waals surface area contributed by atoms with Crippen molar-refractivity contribution in [2.75, 3.05) is 0 Å². The molecule has 0 aliphatic heterocycles. The molecule has 3 aromatic heterocycles. The largest absolute Gasteiger partial charge is 0.291 e. The molecule has 0 radical (unpaired) electrons. The molecular formula is C27H27N3O4S2. The van der Waals surface area contributed by atoms with Gasteiger partial charge in [-0.2, -0.15) is 0 Å². The molecule has 0 saturated heterocycles. The van der Waals surface area contributed by atoms with E-state index in [1.165, 1.54) is 23.5 Å². The van der Waals surface area contributed by atoms with Crippen molar-refractivity contribution in [2.24, 2.45) is 0 Å². The topological polar surface area (TPSA) is 107 Å². The van der Waals surface area contributed by atoms with E-state index in [2.05, 4.69) is 15.0 Å². The SMILES string of the molecule is CC(SC(C)C(=O)c1cccc(C(=O)C(C)SC(C)C(=O)c2ccccn2)n1)C(=O)c1ccccn1. The molecule has 4 atom stereocenters. The number of hydrogen-bond donors (Lipinski definition) is 0. The van der Waals surface area contributed by atoms with Crippen LogP contribution < -0.4 is 0 Å². The van der Waals surface area contributed by atoms with Gasteiger partial charge in [0.1, 0.15) is 22.8 Å². The lowest BCUT2D eigenvalue weighted by molar-refractivity contribution is 0.0977. The van der Waals surface area contributed by atoms with Gasteiger partial charge in [-0.1, -0.05) is 18.2 Å². The van der Waals surface area contributed by atoms with Crippen molar-refractivity contribution in [1.29, 1.82) is 0 Å². The van der Waals surface area contributed by atoms with Crippen molar-refractivity contribution in [3.8, 4) is 0 Å². The lowest BCUT2D eigenvalue weighted by Crippen LogP contribution is -2.25. The molecule has 0 saturated carbocycles. The second-order valence-electron chi connectivity index (χ2n) is 8.14. The van der Waals surface area contributed by atoms with Crippen molar-refractivity contribution in [1.82, 2.24) is 15.0 Å². The van der Waals surface area contributed by atoms with Gasteiger partial charge in [0.2, 0.25) is 0 Å². The third-order valence-electron chi connectivity index (χ3n) is 5.38. The van der Waals surface area contributed by atoms with Gasteiger partial charge in [0.05, 0.1) is 21.0 Å². The van der Waals surface area contributed by atoms with Gasteiger partial charge in [0.25, 0.3) is 0 Å². The lowest BCUT2D eigenvalue weighted by Gasteiger charge is -2.16. The maximum Gasteiger partial charge on any atom is 0.193 e. The summed E-state index contributed by atoms with van der Waals surface area (Å²) in [5.74, 6) is -0.849. The summed E-state index contributed by atoms with van der Waals surface area (Å²) in [5.41, 5.74) is 1.02. The summed E-state index contributed by atoms with van der Waals surface area (Å²) in [4.78, 5) is 63.7. The van der Waals surface area contributed by atoms with E-state index in [1.807, 2.05) is 0 Å². The minimum absolute atomic E-state index is 0.155. The molecule has 4 unspecified atom stereocenters. The average molecular weight is 522 g/mol. The average Bonchev–Trinajstić information content (AvgIpc) is 2.92. The van der Waals surface area contributed by atoms with Crippen molar-refractivity contribution in [2.45, 2.75) is 48.7 Å². The molecule has 0 bridgehead atoms. The number of ketones is 4. The fraction of sp³-hybridized carbons (Fsp3) is 0.296. The number of rotatable bonds is 12. The standard InChI is InChI=1S/C27H27N3O4S2/c1-16(24(31)20-10-5-7-14-28-20)35-18(3)26(33)22-12-9-13-23(30-22)27(34)19(4)36-17(2)25(32)21-11-6-8-15-29-21/h5-19H,1-4H3. The summed E-state index contributed by atoms with van der Waals surface area (Å²) >= 11 is 2.45. The first-order valence-electron chi connectivity index (χ1n) is 11.5. The molecule has 0 amide bonds. The van der Waals surface area contributed by atoms with Gasteiger partial charge in [-0.3, -0.25) is 29.1 Å². The first-order valence-corrected chi connectivity index (χ1v) is 13.3. The highest BCUT2D eigenvalue weighted by Crippen LogP contribution is 2.25. The highest BCUT2D eigenvalue weighted by atomic mass is 32.2. The van der Waals surface area contributed by atoms with Gasteiger partial charge in [0.15, 0.2) is 23.1 Å². The molecule has 3 heterocycles. The van der Waals surface area contributed by atoms with E-state index >= 15 is 0 Å². The van der Waals surface area contributed by atoms with E-state index in [1.54, 1.807) is 94.7 Å². The lowest BCUT2D eigenvalue weighted by atomic mass is 10.1. The van der Waals surface area contributed by atoms with Gasteiger partial charge in [-0.15, -0.1) is 23.5 Å². The summed E-state index contributed by atoms with van der Waals surface area (Å²) in [7, 11) is 0. The monoisotopic (exact) mass is 521 g/mol. The first-order chi connectivity index (χ1) is 17.2. The number of hydrogen-bond acceptors (Lipinski definition) is 9. The number of carbonyl (C=O) groups is 4. The predicted molar refractivity (Wildman–Crippen MR) is 143 cm³/mol. The highest BCUT2D eigenvalue weighted by molar-refractivity contribution is 8.02. The number of carbonyl (C=O) groups excluding carboxylic acids is 4. The Labute approximate surface area is 218 Å². The second-order valence-corrected chi connectivity index (χ2v) is 11.5. The number of thioether (sulfide) groups is 2. The summed E-state index contributed by atoms with van der Waals surface area (Å²) in [6.45, 7) is 6.92. The number of pyridine rings is 3. The quantitative estimate of drug-likeness (QED) is 0.304. The summed E-state index contributed by atoms with van der Waals surface area (Å²) < 4.78 is 0. The molecule has 186 valence electrons. The molecule has 0 N–H and O–H groups in total. The van der Waals surface area contributed by atoms with E-state index in [0.717, 1.165) is 0 Å². The van der Waals surface area contributed by atoms with E-state index < -0.39 is 21.0 Å². The molecule has 3 rings (SSSR count). The van der Waals surface area contributed by atoms with Crippen molar-refractivity contribution < 1.29 is 19.2 Å². The third kappa shape index (κ3) is 6.95. The fourth-order valence-electron chi connectivity index (χ4n) is 3.42. The third-order valence-corrected chi connectivity index (χ3v) is 7.87. The van der Waals surface area contributed by atoms with Gasteiger partial charge in [-0.25, -0.2) is 4.98 Å². The van der Waals surface area contributed by atoms with Crippen LogP contribution in [-0.4, -0.2) is 59.1 Å². The maximum absolute atomic E-state index is 13.0. The first kappa shape index (κ1) is 27.4. The van der Waals surface area contributed by atoms with Crippen LogP contribution in [0.25, 0.3) is 0 Å². The Kier molecular flexibility index (Phi) is 9.66. The zero-order valence-electron chi connectivity index (χ0n) is 20.5. The van der Waals surface area contributed by atoms with Crippen LogP contribution in [0.1, 0.15) is 69.6 Å². The summed E-state index contributed by atoms with van der Waals surface area (Å²) in [5, 5.41) is -2.04. The molecule has 7 nitrogen and oxygen atoms in total. The van der Waals surface area contributed by atoms with Crippen LogP contribution in [0.2, 0.25) is 0 Å². The number of nitrogens with zero attached hydrogens (tertiary/aromatic N) is 3. The van der Waals surface area contributed by atoms with Crippen molar-refractivity contribution in [3.63, 3.8) is 0 Å². The Balaban J connectivity index is 1.63. The van der Waals surface area contributed by atoms with E-state index in [-0.39, 0.29) is 34.5 Å². The van der Waals surface area contributed by atoms with Crippen molar-refractivity contribution >= 4 is 46.7 Å². The summed E-state index contributed by atoms with van der Waals surface area (Å²) in [6, 6.07) is 15.0. The molecule has 36 heavy (non-hydrogen) atoms. The van der Waals surface area contributed by atoms with Crippen LogP contribution in [0.3, 0.4) is 0 Å². The Bertz CT molecular complexity index is 1150. The fourth-order valence-corrected chi connectivity index (χ4v) is 5.62. The van der Waals surface area contributed by atoms with Crippen LogP contribution >= 0.6 is 23.5 Å². The van der Waals surface area contributed by atoms with Gasteiger partial charge in [-0.05, 0) is 64.1 Å². The Hall–Kier alpha value is -3.17. The van der Waals surface area contributed by atoms with Gasteiger partial charge in [0, 0.05) is 12.4 Å². The molecule has 0 fully saturated rings. The molecule has 3 aromatic rings. The predicted octanol–water partition coefficient (Wildman–Crippen LogP) is 5.02. The minimum atomic E-state index is -0.548. The smallest absolute Gasteiger partial charge is 0.193 e. The molecule has 0 aliphatic carbocycles. The van der Waals surface area contributed by atoms with Crippen molar-refractivity contribution in [3.05, 3.63) is 89.8 Å². The Morgan fingerprint density at radius 2 is 0.861 bits per heavy atom. The van der Waals surface area contributed by atoms with Crippen LogP contribution in [-0.2, 0) is 0 Å².